The van der Waals surface area contributed by atoms with Gasteiger partial charge in [0.05, 0.1) is 5.57 Å². The number of carboxylic acids is 3. The van der Waals surface area contributed by atoms with Crippen LogP contribution in [0.25, 0.3) is 0 Å². The summed E-state index contributed by atoms with van der Waals surface area (Å²) in [4.78, 5) is 32.1. The Bertz CT molecular complexity index is 328. The first-order valence-corrected chi connectivity index (χ1v) is 4.03. The maximum atomic E-state index is 10.8. The molecule has 0 unspecified atom stereocenters. The molecule has 0 heterocycles. The lowest BCUT2D eigenvalue weighted by molar-refractivity contribution is -0.142. The zero-order valence-corrected chi connectivity index (χ0v) is 8.57. The summed E-state index contributed by atoms with van der Waals surface area (Å²) in [5.41, 5.74) is -2.78. The van der Waals surface area contributed by atoms with Crippen molar-refractivity contribution in [2.45, 2.75) is 20.8 Å². The van der Waals surface area contributed by atoms with Crippen molar-refractivity contribution < 1.29 is 29.7 Å². The van der Waals surface area contributed by atoms with Crippen molar-refractivity contribution in [2.75, 3.05) is 0 Å². The summed E-state index contributed by atoms with van der Waals surface area (Å²) in [6.07, 6.45) is 0. The minimum absolute atomic E-state index is 0.623. The molecule has 0 aliphatic heterocycles. The van der Waals surface area contributed by atoms with Gasteiger partial charge in [-0.1, -0.05) is 20.8 Å². The molecule has 0 bridgehead atoms. The van der Waals surface area contributed by atoms with E-state index in [0.717, 1.165) is 0 Å². The quantitative estimate of drug-likeness (QED) is 0.361. The average molecular weight is 216 g/mol. The van der Waals surface area contributed by atoms with E-state index < -0.39 is 34.5 Å². The van der Waals surface area contributed by atoms with Gasteiger partial charge in [-0.15, -0.1) is 0 Å². The van der Waals surface area contributed by atoms with Gasteiger partial charge in [-0.2, -0.15) is 0 Å². The first-order valence-electron chi connectivity index (χ1n) is 4.03. The molecule has 6 nitrogen and oxygen atoms in total. The molecule has 0 saturated carbocycles. The summed E-state index contributed by atoms with van der Waals surface area (Å²) >= 11 is 0. The lowest BCUT2D eigenvalue weighted by Gasteiger charge is -2.20. The van der Waals surface area contributed by atoms with E-state index >= 15 is 0 Å². The highest BCUT2D eigenvalue weighted by Gasteiger charge is 2.34. The lowest BCUT2D eigenvalue weighted by atomic mass is 9.83. The maximum absolute atomic E-state index is 10.8. The van der Waals surface area contributed by atoms with E-state index in [1.807, 2.05) is 0 Å². The van der Waals surface area contributed by atoms with Crippen LogP contribution in [0, 0.1) is 5.41 Å². The Kier molecular flexibility index (Phi) is 3.61. The summed E-state index contributed by atoms with van der Waals surface area (Å²) in [5, 5.41) is 26.0. The highest BCUT2D eigenvalue weighted by atomic mass is 16.4. The normalized spacial score (nSPS) is 10.6. The van der Waals surface area contributed by atoms with Crippen LogP contribution in [0.3, 0.4) is 0 Å². The molecule has 0 aromatic rings. The minimum atomic E-state index is -1.75. The van der Waals surface area contributed by atoms with Gasteiger partial charge >= 0.3 is 17.9 Å². The summed E-state index contributed by atoms with van der Waals surface area (Å²) in [6.45, 7) is 4.30. The molecule has 0 aromatic carbocycles. The first kappa shape index (κ1) is 13.2. The molecule has 0 amide bonds. The summed E-state index contributed by atoms with van der Waals surface area (Å²) in [7, 11) is 0. The lowest BCUT2D eigenvalue weighted by Crippen LogP contribution is -2.26. The number of aliphatic carboxylic acids is 3. The standard InChI is InChI=1S/C9H12O6/c1-9(2,3)5(8(14)15)4(6(10)11)7(12)13/h1-3H3,(H,10,11)(H,12,13)(H,14,15). The van der Waals surface area contributed by atoms with Crippen LogP contribution in [0.1, 0.15) is 20.8 Å². The topological polar surface area (TPSA) is 112 Å². The van der Waals surface area contributed by atoms with Crippen LogP contribution < -0.4 is 0 Å². The van der Waals surface area contributed by atoms with Crippen molar-refractivity contribution in [3.63, 3.8) is 0 Å². The van der Waals surface area contributed by atoms with Gasteiger partial charge in [0.15, 0.2) is 5.57 Å². The molecule has 0 fully saturated rings. The third-order valence-corrected chi connectivity index (χ3v) is 1.64. The molecule has 15 heavy (non-hydrogen) atoms. The van der Waals surface area contributed by atoms with Crippen LogP contribution in [-0.2, 0) is 14.4 Å². The molecule has 84 valence electrons. The molecule has 0 radical (unpaired) electrons. The fourth-order valence-corrected chi connectivity index (χ4v) is 1.11. The second-order valence-corrected chi connectivity index (χ2v) is 3.92. The van der Waals surface area contributed by atoms with Crippen molar-refractivity contribution in [3.05, 3.63) is 11.1 Å². The van der Waals surface area contributed by atoms with Crippen molar-refractivity contribution in [3.8, 4) is 0 Å². The maximum Gasteiger partial charge on any atom is 0.343 e. The fourth-order valence-electron chi connectivity index (χ4n) is 1.11. The molecular weight excluding hydrogens is 204 g/mol. The van der Waals surface area contributed by atoms with Crippen LogP contribution in [0.15, 0.2) is 11.1 Å². The van der Waals surface area contributed by atoms with Crippen LogP contribution in [0.2, 0.25) is 0 Å². The molecule has 0 atom stereocenters. The monoisotopic (exact) mass is 216 g/mol. The van der Waals surface area contributed by atoms with Crippen molar-refractivity contribution >= 4 is 17.9 Å². The first-order chi connectivity index (χ1) is 6.59. The van der Waals surface area contributed by atoms with E-state index in [0.29, 0.717) is 0 Å². The number of hydrogen-bond acceptors (Lipinski definition) is 3. The Morgan fingerprint density at radius 1 is 0.800 bits per heavy atom. The van der Waals surface area contributed by atoms with Gasteiger partial charge in [-0.25, -0.2) is 14.4 Å². The molecule has 6 heteroatoms. The van der Waals surface area contributed by atoms with Gasteiger partial charge in [0.25, 0.3) is 0 Å². The Labute approximate surface area is 85.8 Å². The van der Waals surface area contributed by atoms with E-state index in [9.17, 15) is 14.4 Å². The second kappa shape index (κ2) is 4.12. The summed E-state index contributed by atoms with van der Waals surface area (Å²) in [5.74, 6) is -5.05. The highest BCUT2D eigenvalue weighted by Crippen LogP contribution is 2.28. The van der Waals surface area contributed by atoms with E-state index in [1.165, 1.54) is 20.8 Å². The molecule has 0 saturated heterocycles. The van der Waals surface area contributed by atoms with E-state index in [-0.39, 0.29) is 0 Å². The minimum Gasteiger partial charge on any atom is -0.478 e. The SMILES string of the molecule is CC(C)(C)C(C(=O)O)=C(C(=O)O)C(=O)O. The summed E-state index contributed by atoms with van der Waals surface area (Å²) < 4.78 is 0. The number of carboxylic acid groups (broad SMARTS) is 3. The Morgan fingerprint density at radius 3 is 1.20 bits per heavy atom. The van der Waals surface area contributed by atoms with Crippen molar-refractivity contribution in [2.24, 2.45) is 5.41 Å². The van der Waals surface area contributed by atoms with E-state index in [2.05, 4.69) is 0 Å². The third kappa shape index (κ3) is 3.08. The summed E-state index contributed by atoms with van der Waals surface area (Å²) in [6, 6.07) is 0. The molecule has 0 spiro atoms. The largest absolute Gasteiger partial charge is 0.478 e. The van der Waals surface area contributed by atoms with E-state index in [1.54, 1.807) is 0 Å². The van der Waals surface area contributed by atoms with Crippen LogP contribution >= 0.6 is 0 Å². The fraction of sp³-hybridized carbons (Fsp3) is 0.444. The Balaban J connectivity index is 5.92. The van der Waals surface area contributed by atoms with E-state index in [4.69, 9.17) is 15.3 Å². The van der Waals surface area contributed by atoms with Gasteiger partial charge in [-0.05, 0) is 5.41 Å². The number of rotatable bonds is 3. The van der Waals surface area contributed by atoms with Crippen molar-refractivity contribution in [1.29, 1.82) is 0 Å². The number of hydrogen-bond donors (Lipinski definition) is 3. The third-order valence-electron chi connectivity index (χ3n) is 1.64. The second-order valence-electron chi connectivity index (χ2n) is 3.92. The predicted octanol–water partition coefficient (Wildman–Crippen LogP) is 0.583. The van der Waals surface area contributed by atoms with Gasteiger partial charge < -0.3 is 15.3 Å². The van der Waals surface area contributed by atoms with Crippen LogP contribution in [0.4, 0.5) is 0 Å². The zero-order chi connectivity index (χ0) is 12.4. The van der Waals surface area contributed by atoms with Gasteiger partial charge in [0.2, 0.25) is 0 Å². The van der Waals surface area contributed by atoms with Crippen molar-refractivity contribution in [1.82, 2.24) is 0 Å². The average Bonchev–Trinajstić information content (AvgIpc) is 1.94. The van der Waals surface area contributed by atoms with Gasteiger partial charge in [0, 0.05) is 0 Å². The number of carbonyl (C=O) groups is 3. The van der Waals surface area contributed by atoms with Crippen LogP contribution in [0.5, 0.6) is 0 Å². The zero-order valence-electron chi connectivity index (χ0n) is 8.57. The molecular formula is C9H12O6. The van der Waals surface area contributed by atoms with Gasteiger partial charge in [0.1, 0.15) is 0 Å². The predicted molar refractivity (Wildman–Crippen MR) is 49.4 cm³/mol. The van der Waals surface area contributed by atoms with Crippen LogP contribution in [-0.4, -0.2) is 33.2 Å². The molecule has 0 aliphatic rings. The molecule has 0 rings (SSSR count). The molecule has 0 aromatic heterocycles. The van der Waals surface area contributed by atoms with Gasteiger partial charge in [-0.3, -0.25) is 0 Å². The Morgan fingerprint density at radius 2 is 1.13 bits per heavy atom. The smallest absolute Gasteiger partial charge is 0.343 e. The highest BCUT2D eigenvalue weighted by molar-refractivity contribution is 6.17. The Hall–Kier alpha value is -1.85. The molecule has 0 aliphatic carbocycles. The molecule has 3 N–H and O–H groups in total.